The van der Waals surface area contributed by atoms with Crippen LogP contribution in [0.1, 0.15) is 12.5 Å². The van der Waals surface area contributed by atoms with Gasteiger partial charge in [-0.15, -0.1) is 0 Å². The van der Waals surface area contributed by atoms with Gasteiger partial charge in [-0.1, -0.05) is 18.7 Å². The Morgan fingerprint density at radius 3 is 2.73 bits per heavy atom. The number of benzene rings is 1. The van der Waals surface area contributed by atoms with E-state index in [0.717, 1.165) is 11.1 Å². The Morgan fingerprint density at radius 2 is 2.13 bits per heavy atom. The Labute approximate surface area is 87.7 Å². The molecule has 2 nitrogen and oxygen atoms in total. The molecule has 2 rings (SSSR count). The first-order chi connectivity index (χ1) is 7.18. The van der Waals surface area contributed by atoms with Crippen LogP contribution in [0.5, 0.6) is 0 Å². The van der Waals surface area contributed by atoms with Crippen LogP contribution in [0.25, 0.3) is 11.3 Å². The van der Waals surface area contributed by atoms with E-state index >= 15 is 0 Å². The standard InChI is InChI=1S/C12H11FN2/c1-9(2)10-7-14-15(8-10)12-6-4-3-5-11(12)13/h3-8H,1H2,2H3. The molecule has 1 aromatic heterocycles. The summed E-state index contributed by atoms with van der Waals surface area (Å²) in [5.74, 6) is -0.283. The second-order valence-corrected chi connectivity index (χ2v) is 3.41. The third-order valence-electron chi connectivity index (χ3n) is 2.17. The molecule has 0 amide bonds. The van der Waals surface area contributed by atoms with Gasteiger partial charge in [0.05, 0.1) is 6.20 Å². The van der Waals surface area contributed by atoms with E-state index in [1.54, 1.807) is 30.6 Å². The van der Waals surface area contributed by atoms with E-state index in [2.05, 4.69) is 11.7 Å². The van der Waals surface area contributed by atoms with Crippen molar-refractivity contribution in [3.8, 4) is 5.69 Å². The molecule has 0 saturated carbocycles. The van der Waals surface area contributed by atoms with Crippen molar-refractivity contribution in [1.29, 1.82) is 0 Å². The van der Waals surface area contributed by atoms with E-state index in [-0.39, 0.29) is 5.82 Å². The van der Waals surface area contributed by atoms with Crippen LogP contribution in [0, 0.1) is 5.82 Å². The molecule has 76 valence electrons. The first-order valence-electron chi connectivity index (χ1n) is 4.64. The molecule has 0 fully saturated rings. The molecule has 0 aliphatic rings. The van der Waals surface area contributed by atoms with Crippen molar-refractivity contribution < 1.29 is 4.39 Å². The predicted octanol–water partition coefficient (Wildman–Crippen LogP) is 3.04. The summed E-state index contributed by atoms with van der Waals surface area (Å²) in [6.07, 6.45) is 3.44. The highest BCUT2D eigenvalue weighted by Gasteiger charge is 2.05. The van der Waals surface area contributed by atoms with Gasteiger partial charge in [0, 0.05) is 11.8 Å². The normalized spacial score (nSPS) is 10.3. The van der Waals surface area contributed by atoms with Crippen molar-refractivity contribution in [3.05, 3.63) is 54.6 Å². The van der Waals surface area contributed by atoms with Gasteiger partial charge in [-0.3, -0.25) is 0 Å². The number of halogens is 1. The molecule has 0 spiro atoms. The maximum absolute atomic E-state index is 13.4. The van der Waals surface area contributed by atoms with Gasteiger partial charge in [0.15, 0.2) is 0 Å². The summed E-state index contributed by atoms with van der Waals surface area (Å²) in [6.45, 7) is 5.70. The van der Waals surface area contributed by atoms with E-state index in [0.29, 0.717) is 5.69 Å². The van der Waals surface area contributed by atoms with Crippen LogP contribution in [0.2, 0.25) is 0 Å². The fourth-order valence-electron chi connectivity index (χ4n) is 1.31. The number of hydrogen-bond donors (Lipinski definition) is 0. The van der Waals surface area contributed by atoms with E-state index in [4.69, 9.17) is 0 Å². The highest BCUT2D eigenvalue weighted by atomic mass is 19.1. The Kier molecular flexibility index (Phi) is 2.37. The molecule has 0 aliphatic carbocycles. The highest BCUT2D eigenvalue weighted by molar-refractivity contribution is 5.60. The number of aromatic nitrogens is 2. The van der Waals surface area contributed by atoms with Crippen LogP contribution in [0.4, 0.5) is 4.39 Å². The molecule has 3 heteroatoms. The lowest BCUT2D eigenvalue weighted by Crippen LogP contribution is -1.96. The molecule has 1 aromatic carbocycles. The zero-order valence-electron chi connectivity index (χ0n) is 8.44. The van der Waals surface area contributed by atoms with Gasteiger partial charge in [0.25, 0.3) is 0 Å². The smallest absolute Gasteiger partial charge is 0.148 e. The average molecular weight is 202 g/mol. The molecule has 1 heterocycles. The van der Waals surface area contributed by atoms with E-state index < -0.39 is 0 Å². The molecule has 0 atom stereocenters. The van der Waals surface area contributed by atoms with E-state index in [9.17, 15) is 4.39 Å². The molecule has 15 heavy (non-hydrogen) atoms. The summed E-state index contributed by atoms with van der Waals surface area (Å²) in [5, 5.41) is 4.08. The van der Waals surface area contributed by atoms with Gasteiger partial charge in [-0.2, -0.15) is 5.10 Å². The number of allylic oxidation sites excluding steroid dienone is 1. The minimum atomic E-state index is -0.283. The van der Waals surface area contributed by atoms with Crippen molar-refractivity contribution in [2.24, 2.45) is 0 Å². The van der Waals surface area contributed by atoms with Crippen LogP contribution in [0.3, 0.4) is 0 Å². The third-order valence-corrected chi connectivity index (χ3v) is 2.17. The van der Waals surface area contributed by atoms with Gasteiger partial charge >= 0.3 is 0 Å². The molecule has 0 radical (unpaired) electrons. The second-order valence-electron chi connectivity index (χ2n) is 3.41. The second kappa shape index (κ2) is 3.69. The van der Waals surface area contributed by atoms with Crippen LogP contribution < -0.4 is 0 Å². The van der Waals surface area contributed by atoms with Gasteiger partial charge in [0.2, 0.25) is 0 Å². The molecular formula is C12H11FN2. The quantitative estimate of drug-likeness (QED) is 0.731. The van der Waals surface area contributed by atoms with Crippen molar-refractivity contribution in [2.75, 3.05) is 0 Å². The Balaban J connectivity index is 2.46. The number of rotatable bonds is 2. The molecular weight excluding hydrogens is 191 g/mol. The maximum atomic E-state index is 13.4. The summed E-state index contributed by atoms with van der Waals surface area (Å²) in [7, 11) is 0. The zero-order valence-corrected chi connectivity index (χ0v) is 8.44. The Hall–Kier alpha value is -1.90. The minimum absolute atomic E-state index is 0.283. The van der Waals surface area contributed by atoms with Crippen LogP contribution in [0.15, 0.2) is 43.2 Å². The fraction of sp³-hybridized carbons (Fsp3) is 0.0833. The summed E-state index contributed by atoms with van der Waals surface area (Å²) in [6, 6.07) is 6.53. The number of nitrogens with zero attached hydrogens (tertiary/aromatic N) is 2. The van der Waals surface area contributed by atoms with E-state index in [1.807, 2.05) is 6.92 Å². The molecule has 0 unspecified atom stereocenters. The number of para-hydroxylation sites is 1. The average Bonchev–Trinajstić information content (AvgIpc) is 2.67. The Morgan fingerprint density at radius 1 is 1.40 bits per heavy atom. The zero-order chi connectivity index (χ0) is 10.8. The van der Waals surface area contributed by atoms with Crippen molar-refractivity contribution >= 4 is 5.57 Å². The maximum Gasteiger partial charge on any atom is 0.148 e. The van der Waals surface area contributed by atoms with Crippen LogP contribution in [-0.4, -0.2) is 9.78 Å². The third kappa shape index (κ3) is 1.81. The van der Waals surface area contributed by atoms with Gasteiger partial charge in [0.1, 0.15) is 11.5 Å². The SMILES string of the molecule is C=C(C)c1cnn(-c2ccccc2F)c1. The van der Waals surface area contributed by atoms with Crippen molar-refractivity contribution in [2.45, 2.75) is 6.92 Å². The summed E-state index contributed by atoms with van der Waals surface area (Å²) >= 11 is 0. The van der Waals surface area contributed by atoms with Gasteiger partial charge in [-0.05, 0) is 24.6 Å². The lowest BCUT2D eigenvalue weighted by molar-refractivity contribution is 0.611. The summed E-state index contributed by atoms with van der Waals surface area (Å²) in [5.41, 5.74) is 2.28. The largest absolute Gasteiger partial charge is 0.237 e. The highest BCUT2D eigenvalue weighted by Crippen LogP contribution is 2.15. The van der Waals surface area contributed by atoms with Crippen LogP contribution in [-0.2, 0) is 0 Å². The van der Waals surface area contributed by atoms with E-state index in [1.165, 1.54) is 10.7 Å². The fourth-order valence-corrected chi connectivity index (χ4v) is 1.31. The van der Waals surface area contributed by atoms with Crippen molar-refractivity contribution in [1.82, 2.24) is 9.78 Å². The molecule has 0 saturated heterocycles. The minimum Gasteiger partial charge on any atom is -0.237 e. The van der Waals surface area contributed by atoms with Crippen LogP contribution >= 0.6 is 0 Å². The molecule has 2 aromatic rings. The monoisotopic (exact) mass is 202 g/mol. The lowest BCUT2D eigenvalue weighted by atomic mass is 10.2. The predicted molar refractivity (Wildman–Crippen MR) is 58.2 cm³/mol. The first-order valence-corrected chi connectivity index (χ1v) is 4.64. The summed E-state index contributed by atoms with van der Waals surface area (Å²) in [4.78, 5) is 0. The molecule has 0 aliphatic heterocycles. The van der Waals surface area contributed by atoms with Gasteiger partial charge < -0.3 is 0 Å². The Bertz CT molecular complexity index is 500. The van der Waals surface area contributed by atoms with Gasteiger partial charge in [-0.25, -0.2) is 9.07 Å². The molecule has 0 N–H and O–H groups in total. The molecule has 0 bridgehead atoms. The first kappa shape index (κ1) is 9.65. The lowest BCUT2D eigenvalue weighted by Gasteiger charge is -2.01. The number of hydrogen-bond acceptors (Lipinski definition) is 1. The topological polar surface area (TPSA) is 17.8 Å². The van der Waals surface area contributed by atoms with Crippen molar-refractivity contribution in [3.63, 3.8) is 0 Å². The summed E-state index contributed by atoms with van der Waals surface area (Å²) < 4.78 is 14.9.